The molecular formula is C10H22N2O3Si. The van der Waals surface area contributed by atoms with Crippen molar-refractivity contribution in [1.82, 2.24) is 0 Å². The van der Waals surface area contributed by atoms with Gasteiger partial charge in [0, 0.05) is 6.42 Å². The second kappa shape index (κ2) is 5.45. The van der Waals surface area contributed by atoms with Gasteiger partial charge in [0.2, 0.25) is 5.91 Å². The first kappa shape index (κ1) is 15.1. The van der Waals surface area contributed by atoms with Crippen LogP contribution >= 0.6 is 0 Å². The molecule has 0 fully saturated rings. The maximum absolute atomic E-state index is 11.9. The van der Waals surface area contributed by atoms with Crippen LogP contribution < -0.4 is 11.5 Å². The molecule has 5 nitrogen and oxygen atoms in total. The topological polar surface area (TPSA) is 95.4 Å². The number of ether oxygens (including phenoxy) is 1. The Kier molecular flexibility index (Phi) is 5.15. The lowest BCUT2D eigenvalue weighted by atomic mass is 10.1. The molecule has 0 saturated carbocycles. The average molecular weight is 246 g/mol. The SMILES string of the molecule is CCOC(=O)[C@@](N)(CCC(N)=O)[Si](C)(C)C. The molecule has 0 aliphatic heterocycles. The number of amides is 1. The van der Waals surface area contributed by atoms with E-state index in [0.29, 0.717) is 6.61 Å². The Balaban J connectivity index is 4.89. The summed E-state index contributed by atoms with van der Waals surface area (Å²) < 4.78 is 4.98. The first-order valence-electron chi connectivity index (χ1n) is 5.39. The van der Waals surface area contributed by atoms with Crippen molar-refractivity contribution in [2.75, 3.05) is 6.61 Å². The summed E-state index contributed by atoms with van der Waals surface area (Å²) in [5, 5.41) is -1.04. The third-order valence-electron chi connectivity index (χ3n) is 2.74. The van der Waals surface area contributed by atoms with Gasteiger partial charge in [0.25, 0.3) is 0 Å². The van der Waals surface area contributed by atoms with Crippen molar-refractivity contribution in [3.63, 3.8) is 0 Å². The number of rotatable bonds is 6. The second-order valence-corrected chi connectivity index (χ2v) is 10.3. The molecule has 0 aromatic heterocycles. The van der Waals surface area contributed by atoms with E-state index >= 15 is 0 Å². The Hall–Kier alpha value is -0.883. The monoisotopic (exact) mass is 246 g/mol. The van der Waals surface area contributed by atoms with Gasteiger partial charge >= 0.3 is 5.97 Å². The molecule has 0 aromatic carbocycles. The van der Waals surface area contributed by atoms with E-state index in [1.807, 2.05) is 19.6 Å². The van der Waals surface area contributed by atoms with Crippen molar-refractivity contribution < 1.29 is 14.3 Å². The first-order valence-corrected chi connectivity index (χ1v) is 8.89. The van der Waals surface area contributed by atoms with Crippen LogP contribution in [0.2, 0.25) is 19.6 Å². The largest absolute Gasteiger partial charge is 0.465 e. The summed E-state index contributed by atoms with van der Waals surface area (Å²) in [6, 6.07) is 0. The van der Waals surface area contributed by atoms with E-state index in [9.17, 15) is 9.59 Å². The fourth-order valence-corrected chi connectivity index (χ4v) is 2.92. The van der Waals surface area contributed by atoms with Gasteiger partial charge in [-0.15, -0.1) is 0 Å². The van der Waals surface area contributed by atoms with Gasteiger partial charge in [-0.25, -0.2) is 0 Å². The molecular weight excluding hydrogens is 224 g/mol. The summed E-state index contributed by atoms with van der Waals surface area (Å²) in [5.41, 5.74) is 11.2. The molecule has 0 aliphatic rings. The van der Waals surface area contributed by atoms with E-state index in [2.05, 4.69) is 0 Å². The highest BCUT2D eigenvalue weighted by atomic mass is 28.3. The minimum absolute atomic E-state index is 0.111. The van der Waals surface area contributed by atoms with Crippen LogP contribution in [0.25, 0.3) is 0 Å². The minimum atomic E-state index is -1.98. The number of primary amides is 1. The van der Waals surface area contributed by atoms with E-state index in [-0.39, 0.29) is 12.8 Å². The van der Waals surface area contributed by atoms with Gasteiger partial charge in [-0.3, -0.25) is 9.59 Å². The normalized spacial score (nSPS) is 15.3. The van der Waals surface area contributed by atoms with Crippen molar-refractivity contribution in [3.8, 4) is 0 Å². The zero-order chi connectivity index (χ0) is 13.0. The molecule has 0 rings (SSSR count). The summed E-state index contributed by atoms with van der Waals surface area (Å²) in [7, 11) is -1.98. The molecule has 0 bridgehead atoms. The number of nitrogens with two attached hydrogens (primary N) is 2. The van der Waals surface area contributed by atoms with E-state index < -0.39 is 25.1 Å². The third-order valence-corrected chi connectivity index (χ3v) is 5.87. The van der Waals surface area contributed by atoms with Gasteiger partial charge in [0.05, 0.1) is 14.7 Å². The fourth-order valence-electron chi connectivity index (χ4n) is 1.36. The molecule has 16 heavy (non-hydrogen) atoms. The van der Waals surface area contributed by atoms with Crippen LogP contribution in [0.4, 0.5) is 0 Å². The molecule has 1 amide bonds. The summed E-state index contributed by atoms with van der Waals surface area (Å²) in [5.74, 6) is -0.868. The highest BCUT2D eigenvalue weighted by molar-refractivity contribution is 6.82. The Bertz CT molecular complexity index is 276. The van der Waals surface area contributed by atoms with Gasteiger partial charge < -0.3 is 16.2 Å². The van der Waals surface area contributed by atoms with Gasteiger partial charge in [-0.2, -0.15) is 0 Å². The Morgan fingerprint density at radius 1 is 1.31 bits per heavy atom. The zero-order valence-corrected chi connectivity index (χ0v) is 11.5. The average Bonchev–Trinajstić information content (AvgIpc) is 2.12. The van der Waals surface area contributed by atoms with Gasteiger partial charge in [0.1, 0.15) is 5.16 Å². The maximum Gasteiger partial charge on any atom is 0.322 e. The smallest absolute Gasteiger partial charge is 0.322 e. The van der Waals surface area contributed by atoms with Crippen molar-refractivity contribution in [2.24, 2.45) is 11.5 Å². The zero-order valence-electron chi connectivity index (χ0n) is 10.5. The number of esters is 1. The molecule has 0 radical (unpaired) electrons. The molecule has 0 spiro atoms. The molecule has 0 aliphatic carbocycles. The standard InChI is InChI=1S/C10H22N2O3Si/c1-5-15-9(14)10(12,16(2,3)4)7-6-8(11)13/h5-7,12H2,1-4H3,(H2,11,13)/t10-/m1/s1. The Labute approximate surface area is 97.5 Å². The highest BCUT2D eigenvalue weighted by Gasteiger charge is 2.47. The van der Waals surface area contributed by atoms with Crippen LogP contribution in [0.5, 0.6) is 0 Å². The predicted octanol–water partition coefficient (Wildman–Crippen LogP) is 0.390. The van der Waals surface area contributed by atoms with E-state index in [4.69, 9.17) is 16.2 Å². The predicted molar refractivity (Wildman–Crippen MR) is 65.3 cm³/mol. The van der Waals surface area contributed by atoms with E-state index in [0.717, 1.165) is 0 Å². The van der Waals surface area contributed by atoms with E-state index in [1.165, 1.54) is 0 Å². The summed E-state index contributed by atoms with van der Waals surface area (Å²) in [6.07, 6.45) is 0.372. The molecule has 0 saturated heterocycles. The first-order chi connectivity index (χ1) is 7.15. The maximum atomic E-state index is 11.9. The number of hydrogen-bond donors (Lipinski definition) is 2. The second-order valence-electron chi connectivity index (χ2n) is 4.91. The van der Waals surface area contributed by atoms with Gasteiger partial charge in [-0.1, -0.05) is 19.6 Å². The number of carbonyl (C=O) groups excluding carboxylic acids is 2. The van der Waals surface area contributed by atoms with Crippen LogP contribution in [-0.2, 0) is 14.3 Å². The van der Waals surface area contributed by atoms with Crippen molar-refractivity contribution in [2.45, 2.75) is 44.6 Å². The lowest BCUT2D eigenvalue weighted by molar-refractivity contribution is -0.147. The molecule has 1 atom stereocenters. The number of hydrogen-bond acceptors (Lipinski definition) is 4. The molecule has 0 unspecified atom stereocenters. The van der Waals surface area contributed by atoms with Crippen molar-refractivity contribution in [3.05, 3.63) is 0 Å². The van der Waals surface area contributed by atoms with Crippen molar-refractivity contribution >= 4 is 20.0 Å². The molecule has 4 N–H and O–H groups in total. The third kappa shape index (κ3) is 3.60. The van der Waals surface area contributed by atoms with Crippen LogP contribution in [0.1, 0.15) is 19.8 Å². The van der Waals surface area contributed by atoms with Crippen LogP contribution in [0.3, 0.4) is 0 Å². The lowest BCUT2D eigenvalue weighted by Gasteiger charge is -2.37. The van der Waals surface area contributed by atoms with Gasteiger partial charge in [0.15, 0.2) is 0 Å². The summed E-state index contributed by atoms with van der Waals surface area (Å²) >= 11 is 0. The molecule has 94 valence electrons. The fraction of sp³-hybridized carbons (Fsp3) is 0.800. The number of carbonyl (C=O) groups is 2. The minimum Gasteiger partial charge on any atom is -0.465 e. The Morgan fingerprint density at radius 2 is 1.81 bits per heavy atom. The quantitative estimate of drug-likeness (QED) is 0.523. The van der Waals surface area contributed by atoms with Crippen LogP contribution in [0.15, 0.2) is 0 Å². The molecule has 0 heterocycles. The van der Waals surface area contributed by atoms with E-state index in [1.54, 1.807) is 6.92 Å². The van der Waals surface area contributed by atoms with Gasteiger partial charge in [-0.05, 0) is 13.3 Å². The summed E-state index contributed by atoms with van der Waals surface area (Å²) in [6.45, 7) is 7.95. The molecule has 6 heteroatoms. The van der Waals surface area contributed by atoms with Crippen LogP contribution in [0, 0.1) is 0 Å². The Morgan fingerprint density at radius 3 is 2.12 bits per heavy atom. The molecule has 0 aromatic rings. The summed E-state index contributed by atoms with van der Waals surface area (Å²) in [4.78, 5) is 22.6. The van der Waals surface area contributed by atoms with Crippen molar-refractivity contribution in [1.29, 1.82) is 0 Å². The lowest BCUT2D eigenvalue weighted by Crippen LogP contribution is -2.65. The van der Waals surface area contributed by atoms with Crippen LogP contribution in [-0.4, -0.2) is 31.7 Å². The highest BCUT2D eigenvalue weighted by Crippen LogP contribution is 2.24.